The SMILES string of the molecule is CN(Cc1cc(C(F)(F)F)cc(C(F)(F)F)c1)C(=O)C1CCN(c2ncccn2)CC1c1ccccc1. The van der Waals surface area contributed by atoms with E-state index < -0.39 is 35.9 Å². The van der Waals surface area contributed by atoms with E-state index in [9.17, 15) is 31.1 Å². The number of hydrogen-bond acceptors (Lipinski definition) is 4. The highest BCUT2D eigenvalue weighted by molar-refractivity contribution is 5.80. The van der Waals surface area contributed by atoms with E-state index in [4.69, 9.17) is 0 Å². The number of benzene rings is 2. The molecule has 1 amide bonds. The molecule has 1 aromatic heterocycles. The van der Waals surface area contributed by atoms with Crippen molar-refractivity contribution in [1.82, 2.24) is 14.9 Å². The van der Waals surface area contributed by atoms with Crippen LogP contribution in [-0.2, 0) is 23.7 Å². The van der Waals surface area contributed by atoms with Crippen molar-refractivity contribution >= 4 is 11.9 Å². The normalized spacial score (nSPS) is 18.5. The lowest BCUT2D eigenvalue weighted by molar-refractivity contribution is -0.143. The summed E-state index contributed by atoms with van der Waals surface area (Å²) in [5, 5.41) is 0. The molecule has 0 N–H and O–H groups in total. The van der Waals surface area contributed by atoms with Crippen molar-refractivity contribution in [1.29, 1.82) is 0 Å². The van der Waals surface area contributed by atoms with Crippen molar-refractivity contribution in [3.05, 3.63) is 89.2 Å². The Morgan fingerprint density at radius 3 is 2.11 bits per heavy atom. The van der Waals surface area contributed by atoms with Crippen molar-refractivity contribution in [2.45, 2.75) is 31.2 Å². The van der Waals surface area contributed by atoms with E-state index in [0.29, 0.717) is 37.6 Å². The third kappa shape index (κ3) is 6.20. The number of hydrogen-bond donors (Lipinski definition) is 0. The Kier molecular flexibility index (Phi) is 7.42. The van der Waals surface area contributed by atoms with Gasteiger partial charge in [-0.1, -0.05) is 30.3 Å². The third-order valence-electron chi connectivity index (χ3n) is 6.44. The molecule has 5 nitrogen and oxygen atoms in total. The topological polar surface area (TPSA) is 49.3 Å². The van der Waals surface area contributed by atoms with Crippen LogP contribution in [0.25, 0.3) is 0 Å². The Morgan fingerprint density at radius 1 is 0.946 bits per heavy atom. The number of piperidine rings is 1. The Bertz CT molecular complexity index is 1180. The van der Waals surface area contributed by atoms with Crippen molar-refractivity contribution in [2.24, 2.45) is 5.92 Å². The summed E-state index contributed by atoms with van der Waals surface area (Å²) >= 11 is 0. The van der Waals surface area contributed by atoms with Crippen LogP contribution < -0.4 is 4.90 Å². The molecule has 0 radical (unpaired) electrons. The average Bonchev–Trinajstić information content (AvgIpc) is 2.87. The summed E-state index contributed by atoms with van der Waals surface area (Å²) in [6.07, 6.45) is -6.26. The van der Waals surface area contributed by atoms with Crippen molar-refractivity contribution < 1.29 is 31.1 Å². The van der Waals surface area contributed by atoms with Gasteiger partial charge in [-0.3, -0.25) is 4.79 Å². The maximum atomic E-state index is 13.5. The second-order valence-electron chi connectivity index (χ2n) is 9.02. The van der Waals surface area contributed by atoms with Crippen LogP contribution in [0.4, 0.5) is 32.3 Å². The Morgan fingerprint density at radius 2 is 1.54 bits per heavy atom. The standard InChI is InChI=1S/C26H24F6N4O/c1-35(15-17-12-19(25(27,28)29)14-20(13-17)26(30,31)32)23(37)21-8-11-36(24-33-9-5-10-34-24)16-22(21)18-6-3-2-4-7-18/h2-7,9-10,12-14,21-22H,8,11,15-16H2,1H3. The molecule has 11 heteroatoms. The van der Waals surface area contributed by atoms with Crippen LogP contribution in [0.2, 0.25) is 0 Å². The second-order valence-corrected chi connectivity index (χ2v) is 9.02. The smallest absolute Gasteiger partial charge is 0.341 e. The van der Waals surface area contributed by atoms with E-state index in [-0.39, 0.29) is 23.5 Å². The van der Waals surface area contributed by atoms with E-state index in [1.807, 2.05) is 35.2 Å². The summed E-state index contributed by atoms with van der Waals surface area (Å²) in [6.45, 7) is 0.509. The molecule has 4 rings (SSSR count). The van der Waals surface area contributed by atoms with Gasteiger partial charge in [-0.2, -0.15) is 26.3 Å². The number of halogens is 6. The van der Waals surface area contributed by atoms with Crippen molar-refractivity contribution in [2.75, 3.05) is 25.0 Å². The first-order chi connectivity index (χ1) is 17.4. The summed E-state index contributed by atoms with van der Waals surface area (Å²) in [5.41, 5.74) is -2.16. The van der Waals surface area contributed by atoms with E-state index in [1.54, 1.807) is 18.5 Å². The first-order valence-electron chi connectivity index (χ1n) is 11.5. The molecule has 0 spiro atoms. The van der Waals surface area contributed by atoms with Crippen LogP contribution in [0, 0.1) is 5.92 Å². The predicted molar refractivity (Wildman–Crippen MR) is 124 cm³/mol. The van der Waals surface area contributed by atoms with Gasteiger partial charge in [-0.25, -0.2) is 9.97 Å². The van der Waals surface area contributed by atoms with Gasteiger partial charge in [-0.15, -0.1) is 0 Å². The maximum absolute atomic E-state index is 13.5. The van der Waals surface area contributed by atoms with E-state index in [1.165, 1.54) is 11.9 Å². The van der Waals surface area contributed by atoms with Gasteiger partial charge in [0, 0.05) is 50.9 Å². The highest BCUT2D eigenvalue weighted by Gasteiger charge is 2.39. The van der Waals surface area contributed by atoms with E-state index in [2.05, 4.69) is 9.97 Å². The Labute approximate surface area is 209 Å². The summed E-state index contributed by atoms with van der Waals surface area (Å²) in [5.74, 6) is -0.638. The third-order valence-corrected chi connectivity index (χ3v) is 6.44. The number of anilines is 1. The number of amides is 1. The number of alkyl halides is 6. The number of nitrogens with zero attached hydrogens (tertiary/aromatic N) is 4. The molecule has 0 bridgehead atoms. The second kappa shape index (κ2) is 10.4. The zero-order chi connectivity index (χ0) is 26.8. The molecule has 2 heterocycles. The molecule has 0 saturated carbocycles. The fourth-order valence-corrected chi connectivity index (χ4v) is 4.67. The largest absolute Gasteiger partial charge is 0.416 e. The molecule has 196 valence electrons. The molecule has 2 aromatic carbocycles. The molecule has 1 saturated heterocycles. The zero-order valence-corrected chi connectivity index (χ0v) is 19.8. The van der Waals surface area contributed by atoms with Crippen LogP contribution in [0.3, 0.4) is 0 Å². The summed E-state index contributed by atoms with van der Waals surface area (Å²) in [7, 11) is 1.39. The van der Waals surface area contributed by atoms with Gasteiger partial charge < -0.3 is 9.80 Å². The quantitative estimate of drug-likeness (QED) is 0.399. The number of aromatic nitrogens is 2. The molecule has 1 aliphatic heterocycles. The van der Waals surface area contributed by atoms with Crippen LogP contribution in [0.15, 0.2) is 67.0 Å². The minimum atomic E-state index is -4.96. The molecular formula is C26H24F6N4O. The predicted octanol–water partition coefficient (Wildman–Crippen LogP) is 5.78. The van der Waals surface area contributed by atoms with Gasteiger partial charge in [-0.05, 0) is 41.8 Å². The Hall–Kier alpha value is -3.63. The van der Waals surface area contributed by atoms with E-state index in [0.717, 1.165) is 5.56 Å². The molecule has 2 atom stereocenters. The van der Waals surface area contributed by atoms with Gasteiger partial charge in [0.25, 0.3) is 0 Å². The zero-order valence-electron chi connectivity index (χ0n) is 19.8. The Balaban J connectivity index is 1.59. The molecule has 1 fully saturated rings. The molecule has 3 aromatic rings. The van der Waals surface area contributed by atoms with Gasteiger partial charge in [0.05, 0.1) is 11.1 Å². The average molecular weight is 522 g/mol. The van der Waals surface area contributed by atoms with Crippen LogP contribution >= 0.6 is 0 Å². The monoisotopic (exact) mass is 522 g/mol. The first kappa shape index (κ1) is 26.4. The van der Waals surface area contributed by atoms with Gasteiger partial charge in [0.15, 0.2) is 0 Å². The lowest BCUT2D eigenvalue weighted by atomic mass is 9.80. The van der Waals surface area contributed by atoms with Crippen LogP contribution in [0.1, 0.15) is 34.6 Å². The first-order valence-corrected chi connectivity index (χ1v) is 11.5. The highest BCUT2D eigenvalue weighted by Crippen LogP contribution is 2.38. The van der Waals surface area contributed by atoms with Crippen molar-refractivity contribution in [3.63, 3.8) is 0 Å². The molecular weight excluding hydrogens is 498 g/mol. The van der Waals surface area contributed by atoms with Gasteiger partial charge in [0.2, 0.25) is 11.9 Å². The maximum Gasteiger partial charge on any atom is 0.416 e. The van der Waals surface area contributed by atoms with Gasteiger partial charge >= 0.3 is 12.4 Å². The molecule has 1 aliphatic rings. The fourth-order valence-electron chi connectivity index (χ4n) is 4.67. The van der Waals surface area contributed by atoms with Gasteiger partial charge in [0.1, 0.15) is 0 Å². The van der Waals surface area contributed by atoms with Crippen LogP contribution in [-0.4, -0.2) is 40.9 Å². The number of rotatable bonds is 5. The minimum absolute atomic E-state index is 0.0815. The summed E-state index contributed by atoms with van der Waals surface area (Å²) < 4.78 is 79.7. The summed E-state index contributed by atoms with van der Waals surface area (Å²) in [6, 6.07) is 12.4. The summed E-state index contributed by atoms with van der Waals surface area (Å²) in [4.78, 5) is 25.3. The molecule has 37 heavy (non-hydrogen) atoms. The lowest BCUT2D eigenvalue weighted by Crippen LogP contribution is -2.46. The minimum Gasteiger partial charge on any atom is -0.341 e. The van der Waals surface area contributed by atoms with Crippen molar-refractivity contribution in [3.8, 4) is 0 Å². The highest BCUT2D eigenvalue weighted by atomic mass is 19.4. The molecule has 0 aliphatic carbocycles. The number of carbonyl (C=O) groups is 1. The van der Waals surface area contributed by atoms with Crippen LogP contribution in [0.5, 0.6) is 0 Å². The lowest BCUT2D eigenvalue weighted by Gasteiger charge is -2.39. The molecule has 2 unspecified atom stereocenters. The van der Waals surface area contributed by atoms with E-state index >= 15 is 0 Å². The fraction of sp³-hybridized carbons (Fsp3) is 0.346. The number of carbonyl (C=O) groups excluding carboxylic acids is 1.